The van der Waals surface area contributed by atoms with Crippen molar-refractivity contribution < 1.29 is 0 Å². The van der Waals surface area contributed by atoms with E-state index in [1.54, 1.807) is 22.4 Å². The molecule has 8 nitrogen and oxygen atoms in total. The summed E-state index contributed by atoms with van der Waals surface area (Å²) in [5, 5.41) is 5.26. The number of aromatic amines is 1. The van der Waals surface area contributed by atoms with Gasteiger partial charge < -0.3 is 0 Å². The molecule has 4 rings (SSSR count). The standard InChI is InChI=1S/C20H21ClN6O2/c1-4-13-10-14(5-2)27(24-13)19-22-17-16(18(28)23-20(29)25(17)3)26(19)11-12-8-6-7-9-15(12)21/h6-10H,4-5,11H2,1-3H3,(H,23,28,29). The molecule has 0 aliphatic rings. The average molecular weight is 413 g/mol. The third-order valence-corrected chi connectivity index (χ3v) is 5.39. The Bertz CT molecular complexity index is 1330. The highest BCUT2D eigenvalue weighted by atomic mass is 35.5. The third-order valence-electron chi connectivity index (χ3n) is 5.02. The Kier molecular flexibility index (Phi) is 4.87. The summed E-state index contributed by atoms with van der Waals surface area (Å²) in [5.41, 5.74) is 2.34. The molecule has 4 aromatic rings. The Labute approximate surface area is 171 Å². The molecule has 0 bridgehead atoms. The number of halogens is 1. The number of aryl methyl sites for hydroxylation is 3. The Balaban J connectivity index is 2.06. The van der Waals surface area contributed by atoms with Crippen LogP contribution in [0.4, 0.5) is 0 Å². The van der Waals surface area contributed by atoms with E-state index >= 15 is 0 Å². The van der Waals surface area contributed by atoms with Gasteiger partial charge in [0.25, 0.3) is 5.56 Å². The zero-order valence-corrected chi connectivity index (χ0v) is 17.2. The van der Waals surface area contributed by atoms with Gasteiger partial charge in [-0.2, -0.15) is 10.1 Å². The second kappa shape index (κ2) is 7.36. The molecular formula is C20H21ClN6O2. The zero-order chi connectivity index (χ0) is 20.7. The third kappa shape index (κ3) is 3.19. The molecule has 3 heterocycles. The van der Waals surface area contributed by atoms with Crippen LogP contribution >= 0.6 is 11.6 Å². The summed E-state index contributed by atoms with van der Waals surface area (Å²) in [4.78, 5) is 31.8. The number of rotatable bonds is 5. The largest absolute Gasteiger partial charge is 0.329 e. The number of H-pyrrole nitrogens is 1. The van der Waals surface area contributed by atoms with Crippen molar-refractivity contribution in [2.45, 2.75) is 33.2 Å². The van der Waals surface area contributed by atoms with Crippen molar-refractivity contribution in [3.63, 3.8) is 0 Å². The lowest BCUT2D eigenvalue weighted by Gasteiger charge is -2.11. The van der Waals surface area contributed by atoms with Crippen LogP contribution in [-0.2, 0) is 26.4 Å². The van der Waals surface area contributed by atoms with Crippen LogP contribution in [0.3, 0.4) is 0 Å². The minimum Gasteiger partial charge on any atom is -0.298 e. The quantitative estimate of drug-likeness (QED) is 0.545. The highest BCUT2D eigenvalue weighted by molar-refractivity contribution is 6.31. The van der Waals surface area contributed by atoms with E-state index in [4.69, 9.17) is 11.6 Å². The lowest BCUT2D eigenvalue weighted by Crippen LogP contribution is -2.29. The summed E-state index contributed by atoms with van der Waals surface area (Å²) >= 11 is 6.37. The van der Waals surface area contributed by atoms with Crippen molar-refractivity contribution in [2.24, 2.45) is 7.05 Å². The normalized spacial score (nSPS) is 11.4. The van der Waals surface area contributed by atoms with E-state index in [0.717, 1.165) is 29.8 Å². The number of nitrogens with one attached hydrogen (secondary N) is 1. The lowest BCUT2D eigenvalue weighted by atomic mass is 10.2. The minimum atomic E-state index is -0.512. The van der Waals surface area contributed by atoms with E-state index in [1.165, 1.54) is 4.57 Å². The van der Waals surface area contributed by atoms with Crippen LogP contribution in [0.5, 0.6) is 0 Å². The fourth-order valence-corrected chi connectivity index (χ4v) is 3.60. The molecule has 0 spiro atoms. The van der Waals surface area contributed by atoms with E-state index in [-0.39, 0.29) is 0 Å². The predicted octanol–water partition coefficient (Wildman–Crippen LogP) is 2.44. The molecule has 0 aliphatic heterocycles. The molecule has 0 saturated carbocycles. The first-order chi connectivity index (χ1) is 13.9. The molecule has 9 heteroatoms. The van der Waals surface area contributed by atoms with Crippen molar-refractivity contribution in [2.75, 3.05) is 0 Å². The van der Waals surface area contributed by atoms with Crippen molar-refractivity contribution in [3.05, 3.63) is 73.1 Å². The van der Waals surface area contributed by atoms with Gasteiger partial charge in [0.05, 0.1) is 12.2 Å². The van der Waals surface area contributed by atoms with Crippen LogP contribution in [0.15, 0.2) is 39.9 Å². The smallest absolute Gasteiger partial charge is 0.298 e. The van der Waals surface area contributed by atoms with Gasteiger partial charge in [-0.05, 0) is 30.5 Å². The number of hydrogen-bond acceptors (Lipinski definition) is 4. The van der Waals surface area contributed by atoms with E-state index in [2.05, 4.69) is 15.1 Å². The molecule has 0 radical (unpaired) electrons. The summed E-state index contributed by atoms with van der Waals surface area (Å²) in [7, 11) is 1.58. The average Bonchev–Trinajstić information content (AvgIpc) is 3.29. The van der Waals surface area contributed by atoms with Crippen LogP contribution in [-0.4, -0.2) is 28.9 Å². The minimum absolute atomic E-state index is 0.302. The zero-order valence-electron chi connectivity index (χ0n) is 16.4. The Morgan fingerprint density at radius 1 is 1.14 bits per heavy atom. The van der Waals surface area contributed by atoms with Gasteiger partial charge in [-0.1, -0.05) is 43.6 Å². The van der Waals surface area contributed by atoms with Crippen LogP contribution in [0.25, 0.3) is 17.1 Å². The molecule has 0 fully saturated rings. The first-order valence-electron chi connectivity index (χ1n) is 9.45. The molecule has 0 amide bonds. The molecule has 150 valence electrons. The van der Waals surface area contributed by atoms with Gasteiger partial charge >= 0.3 is 5.69 Å². The van der Waals surface area contributed by atoms with E-state index in [1.807, 2.05) is 38.1 Å². The van der Waals surface area contributed by atoms with Crippen molar-refractivity contribution >= 4 is 22.8 Å². The van der Waals surface area contributed by atoms with Crippen LogP contribution in [0, 0.1) is 0 Å². The summed E-state index contributed by atoms with van der Waals surface area (Å²) in [6.07, 6.45) is 1.53. The lowest BCUT2D eigenvalue weighted by molar-refractivity contribution is 0.687. The summed E-state index contributed by atoms with van der Waals surface area (Å²) in [6, 6.07) is 9.47. The molecule has 29 heavy (non-hydrogen) atoms. The second-order valence-electron chi connectivity index (χ2n) is 6.83. The van der Waals surface area contributed by atoms with Crippen molar-refractivity contribution in [1.82, 2.24) is 28.9 Å². The predicted molar refractivity (Wildman–Crippen MR) is 112 cm³/mol. The number of imidazole rings is 1. The number of fused-ring (bicyclic) bond motifs is 1. The maximum atomic E-state index is 12.7. The fourth-order valence-electron chi connectivity index (χ4n) is 3.40. The maximum absolute atomic E-state index is 12.7. The van der Waals surface area contributed by atoms with E-state index < -0.39 is 11.2 Å². The molecule has 1 aromatic carbocycles. The highest BCUT2D eigenvalue weighted by Crippen LogP contribution is 2.22. The Morgan fingerprint density at radius 2 is 1.90 bits per heavy atom. The molecule has 0 atom stereocenters. The van der Waals surface area contributed by atoms with Gasteiger partial charge in [0.1, 0.15) is 0 Å². The SMILES string of the molecule is CCc1cc(CC)n(-c2nc3c(c(=O)[nH]c(=O)n3C)n2Cc2ccccc2Cl)n1. The topological polar surface area (TPSA) is 90.5 Å². The number of hydrogen-bond donors (Lipinski definition) is 1. The first kappa shape index (κ1) is 19.2. The van der Waals surface area contributed by atoms with Gasteiger partial charge in [0, 0.05) is 17.8 Å². The van der Waals surface area contributed by atoms with E-state index in [9.17, 15) is 9.59 Å². The van der Waals surface area contributed by atoms with Crippen LogP contribution in [0.2, 0.25) is 5.02 Å². The van der Waals surface area contributed by atoms with Crippen LogP contribution in [0.1, 0.15) is 30.8 Å². The van der Waals surface area contributed by atoms with Gasteiger partial charge in [-0.25, -0.2) is 9.48 Å². The molecular weight excluding hydrogens is 392 g/mol. The molecule has 0 unspecified atom stereocenters. The van der Waals surface area contributed by atoms with Gasteiger partial charge in [-0.15, -0.1) is 0 Å². The van der Waals surface area contributed by atoms with E-state index in [0.29, 0.717) is 28.7 Å². The fraction of sp³-hybridized carbons (Fsp3) is 0.300. The highest BCUT2D eigenvalue weighted by Gasteiger charge is 2.21. The Morgan fingerprint density at radius 3 is 2.59 bits per heavy atom. The molecule has 0 saturated heterocycles. The Hall–Kier alpha value is -3.13. The van der Waals surface area contributed by atoms with Crippen LogP contribution < -0.4 is 11.2 Å². The number of nitrogens with zero attached hydrogens (tertiary/aromatic N) is 5. The molecule has 1 N–H and O–H groups in total. The van der Waals surface area contributed by atoms with Gasteiger partial charge in [0.2, 0.25) is 5.95 Å². The summed E-state index contributed by atoms with van der Waals surface area (Å²) in [5.74, 6) is 0.475. The molecule has 0 aliphatic carbocycles. The van der Waals surface area contributed by atoms with Crippen molar-refractivity contribution in [1.29, 1.82) is 0 Å². The summed E-state index contributed by atoms with van der Waals surface area (Å²) in [6.45, 7) is 4.39. The summed E-state index contributed by atoms with van der Waals surface area (Å²) < 4.78 is 4.85. The van der Waals surface area contributed by atoms with Gasteiger partial charge in [-0.3, -0.25) is 18.9 Å². The monoisotopic (exact) mass is 412 g/mol. The van der Waals surface area contributed by atoms with Gasteiger partial charge in [0.15, 0.2) is 11.2 Å². The first-order valence-corrected chi connectivity index (χ1v) is 9.83. The number of aromatic nitrogens is 6. The molecule has 3 aromatic heterocycles. The number of benzene rings is 1. The maximum Gasteiger partial charge on any atom is 0.329 e. The second-order valence-corrected chi connectivity index (χ2v) is 7.23. The van der Waals surface area contributed by atoms with Crippen molar-refractivity contribution in [3.8, 4) is 5.95 Å².